The molecule has 0 bridgehead atoms. The van der Waals surface area contributed by atoms with E-state index in [4.69, 9.17) is 11.6 Å². The maximum absolute atomic E-state index is 12.1. The summed E-state index contributed by atoms with van der Waals surface area (Å²) in [6.45, 7) is 10.2. The third kappa shape index (κ3) is 4.83. The Morgan fingerprint density at radius 2 is 1.89 bits per heavy atom. The zero-order chi connectivity index (χ0) is 20.0. The Bertz CT molecular complexity index is 647. The van der Waals surface area contributed by atoms with Crippen molar-refractivity contribution in [2.24, 2.45) is 0 Å². The normalized spacial score (nSPS) is 20.0. The van der Waals surface area contributed by atoms with Crippen LogP contribution < -0.4 is 0 Å². The molecule has 1 aliphatic rings. The van der Waals surface area contributed by atoms with Gasteiger partial charge in [-0.05, 0) is 70.5 Å². The minimum absolute atomic E-state index is 0.190. The highest BCUT2D eigenvalue weighted by Crippen LogP contribution is 2.39. The lowest BCUT2D eigenvalue weighted by Gasteiger charge is -2.45. The van der Waals surface area contributed by atoms with E-state index < -0.39 is 10.8 Å². The Labute approximate surface area is 169 Å². The molecule has 0 N–H and O–H groups in total. The van der Waals surface area contributed by atoms with Crippen molar-refractivity contribution < 1.29 is 4.79 Å². The molecule has 1 amide bonds. The molecule has 0 aliphatic carbocycles. The van der Waals surface area contributed by atoms with E-state index in [1.165, 1.54) is 0 Å². The molecule has 148 valence electrons. The third-order valence-electron chi connectivity index (χ3n) is 5.88. The SMILES string of the molecule is CC(C)N(CC[C@@](C#N)(c1ccccc1)[C@H]1CCCCN1C(=O)Cl)C(C)C. The number of nitrogens with zero attached hydrogens (tertiary/aromatic N) is 3. The molecule has 0 aromatic heterocycles. The van der Waals surface area contributed by atoms with Crippen LogP contribution in [0.2, 0.25) is 0 Å². The summed E-state index contributed by atoms with van der Waals surface area (Å²) in [6.07, 6.45) is 3.44. The summed E-state index contributed by atoms with van der Waals surface area (Å²) in [5.41, 5.74) is 0.226. The van der Waals surface area contributed by atoms with E-state index in [1.54, 1.807) is 4.90 Å². The summed E-state index contributed by atoms with van der Waals surface area (Å²) in [5.74, 6) is 0. The summed E-state index contributed by atoms with van der Waals surface area (Å²) >= 11 is 5.93. The van der Waals surface area contributed by atoms with E-state index in [-0.39, 0.29) is 6.04 Å². The maximum atomic E-state index is 12.1. The molecule has 1 aromatic rings. The maximum Gasteiger partial charge on any atom is 0.316 e. The molecule has 0 spiro atoms. The fourth-order valence-corrected chi connectivity index (χ4v) is 4.71. The molecule has 0 saturated carbocycles. The zero-order valence-corrected chi connectivity index (χ0v) is 17.7. The van der Waals surface area contributed by atoms with Gasteiger partial charge in [0.1, 0.15) is 5.41 Å². The van der Waals surface area contributed by atoms with Gasteiger partial charge in [-0.1, -0.05) is 30.3 Å². The Balaban J connectivity index is 2.45. The Hall–Kier alpha value is -1.57. The van der Waals surface area contributed by atoms with Crippen LogP contribution in [0.1, 0.15) is 58.9 Å². The van der Waals surface area contributed by atoms with Crippen molar-refractivity contribution in [2.75, 3.05) is 13.1 Å². The Morgan fingerprint density at radius 1 is 1.26 bits per heavy atom. The topological polar surface area (TPSA) is 47.3 Å². The summed E-state index contributed by atoms with van der Waals surface area (Å²) in [4.78, 5) is 16.3. The molecule has 1 saturated heterocycles. The summed E-state index contributed by atoms with van der Waals surface area (Å²) in [7, 11) is 0. The number of halogens is 1. The van der Waals surface area contributed by atoms with E-state index in [0.717, 1.165) is 31.4 Å². The van der Waals surface area contributed by atoms with Crippen molar-refractivity contribution in [3.63, 3.8) is 0 Å². The molecule has 27 heavy (non-hydrogen) atoms. The van der Waals surface area contributed by atoms with Gasteiger partial charge in [-0.3, -0.25) is 9.69 Å². The molecule has 0 unspecified atom stereocenters. The number of benzene rings is 1. The number of nitriles is 1. The standard InChI is InChI=1S/C22H32ClN3O/c1-17(2)25(18(3)4)15-13-22(16-24,19-10-6-5-7-11-19)20-12-8-9-14-26(20)21(23)27/h5-7,10-11,17-18,20H,8-9,12-15H2,1-4H3/t20-,22-/m1/s1. The number of carbonyl (C=O) groups is 1. The van der Waals surface area contributed by atoms with E-state index in [9.17, 15) is 10.1 Å². The lowest BCUT2D eigenvalue weighted by atomic mass is 9.69. The highest BCUT2D eigenvalue weighted by molar-refractivity contribution is 6.62. The fraction of sp³-hybridized carbons (Fsp3) is 0.636. The first-order valence-electron chi connectivity index (χ1n) is 10.0. The first-order valence-corrected chi connectivity index (χ1v) is 10.4. The van der Waals surface area contributed by atoms with Gasteiger partial charge in [0.15, 0.2) is 0 Å². The monoisotopic (exact) mass is 389 g/mol. The van der Waals surface area contributed by atoms with Crippen LogP contribution in [0, 0.1) is 11.3 Å². The summed E-state index contributed by atoms with van der Waals surface area (Å²) in [6, 6.07) is 13.2. The van der Waals surface area contributed by atoms with E-state index in [1.807, 2.05) is 30.3 Å². The van der Waals surface area contributed by atoms with Crippen molar-refractivity contribution in [3.8, 4) is 6.07 Å². The molecular weight excluding hydrogens is 358 g/mol. The minimum Gasteiger partial charge on any atom is -0.324 e. The molecule has 1 fully saturated rings. The highest BCUT2D eigenvalue weighted by atomic mass is 35.5. The van der Waals surface area contributed by atoms with Crippen molar-refractivity contribution in [2.45, 2.75) is 76.9 Å². The lowest BCUT2D eigenvalue weighted by molar-refractivity contribution is 0.110. The number of hydrogen-bond donors (Lipinski definition) is 0. The van der Waals surface area contributed by atoms with Gasteiger partial charge in [-0.2, -0.15) is 5.26 Å². The number of likely N-dealkylation sites (tertiary alicyclic amines) is 1. The zero-order valence-electron chi connectivity index (χ0n) is 17.0. The number of amides is 1. The average Bonchev–Trinajstić information content (AvgIpc) is 2.65. The van der Waals surface area contributed by atoms with Gasteiger partial charge in [0.2, 0.25) is 0 Å². The van der Waals surface area contributed by atoms with Crippen molar-refractivity contribution in [3.05, 3.63) is 35.9 Å². The summed E-state index contributed by atoms with van der Waals surface area (Å²) < 4.78 is 0. The van der Waals surface area contributed by atoms with Crippen molar-refractivity contribution >= 4 is 17.0 Å². The van der Waals surface area contributed by atoms with Gasteiger partial charge >= 0.3 is 5.37 Å². The smallest absolute Gasteiger partial charge is 0.316 e. The molecule has 2 atom stereocenters. The predicted octanol–water partition coefficient (Wildman–Crippen LogP) is 5.17. The second kappa shape index (κ2) is 9.57. The Morgan fingerprint density at radius 3 is 2.41 bits per heavy atom. The van der Waals surface area contributed by atoms with E-state index in [0.29, 0.717) is 25.0 Å². The second-order valence-electron chi connectivity index (χ2n) is 8.08. The van der Waals surface area contributed by atoms with Gasteiger partial charge in [0.25, 0.3) is 0 Å². The molecule has 0 radical (unpaired) electrons. The van der Waals surface area contributed by atoms with Gasteiger partial charge in [0, 0.05) is 25.2 Å². The first kappa shape index (κ1) is 21.7. The van der Waals surface area contributed by atoms with E-state index >= 15 is 0 Å². The number of rotatable bonds is 7. The average molecular weight is 390 g/mol. The van der Waals surface area contributed by atoms with Crippen molar-refractivity contribution in [1.82, 2.24) is 9.80 Å². The molecule has 2 rings (SSSR count). The number of piperidine rings is 1. The second-order valence-corrected chi connectivity index (χ2v) is 8.41. The van der Waals surface area contributed by atoms with Gasteiger partial charge in [-0.25, -0.2) is 0 Å². The highest BCUT2D eigenvalue weighted by Gasteiger charge is 2.46. The van der Waals surface area contributed by atoms with Crippen LogP contribution in [0.25, 0.3) is 0 Å². The van der Waals surface area contributed by atoms with Crippen LogP contribution in [-0.2, 0) is 5.41 Å². The van der Waals surface area contributed by atoms with Crippen LogP contribution in [0.15, 0.2) is 30.3 Å². The molecular formula is C22H32ClN3O. The third-order valence-corrected chi connectivity index (χ3v) is 6.09. The molecule has 1 aromatic carbocycles. The molecule has 5 heteroatoms. The van der Waals surface area contributed by atoms with E-state index in [2.05, 4.69) is 38.7 Å². The fourth-order valence-electron chi connectivity index (χ4n) is 4.51. The first-order chi connectivity index (χ1) is 12.8. The van der Waals surface area contributed by atoms with Crippen LogP contribution in [0.4, 0.5) is 4.79 Å². The quantitative estimate of drug-likeness (QED) is 0.477. The molecule has 1 heterocycles. The van der Waals surface area contributed by atoms with Crippen LogP contribution >= 0.6 is 11.6 Å². The van der Waals surface area contributed by atoms with Crippen molar-refractivity contribution in [1.29, 1.82) is 5.26 Å². The molecule has 1 aliphatic heterocycles. The minimum atomic E-state index is -0.756. The number of hydrogen-bond acceptors (Lipinski definition) is 3. The number of carbonyl (C=O) groups excluding carboxylic acids is 1. The largest absolute Gasteiger partial charge is 0.324 e. The Kier molecular flexibility index (Phi) is 7.70. The summed E-state index contributed by atoms with van der Waals surface area (Å²) in [5, 5.41) is 9.98. The van der Waals surface area contributed by atoms with Crippen LogP contribution in [0.3, 0.4) is 0 Å². The van der Waals surface area contributed by atoms with Gasteiger partial charge in [0.05, 0.1) is 12.1 Å². The van der Waals surface area contributed by atoms with Gasteiger partial charge in [-0.15, -0.1) is 0 Å². The van der Waals surface area contributed by atoms with Crippen LogP contribution in [-0.4, -0.2) is 46.4 Å². The lowest BCUT2D eigenvalue weighted by Crippen LogP contribution is -2.54. The van der Waals surface area contributed by atoms with Crippen LogP contribution in [0.5, 0.6) is 0 Å². The predicted molar refractivity (Wildman–Crippen MR) is 111 cm³/mol. The van der Waals surface area contributed by atoms with Gasteiger partial charge < -0.3 is 4.90 Å². The molecule has 4 nitrogen and oxygen atoms in total.